The maximum atomic E-state index is 14.0. The Kier molecular flexibility index (Phi) is 5.18. The summed E-state index contributed by atoms with van der Waals surface area (Å²) in [6.07, 6.45) is 5.44. The summed E-state index contributed by atoms with van der Waals surface area (Å²) in [5.74, 6) is -1.79. The van der Waals surface area contributed by atoms with Gasteiger partial charge in [0.05, 0.1) is 22.4 Å². The molecule has 7 atom stereocenters. The van der Waals surface area contributed by atoms with E-state index in [0.717, 1.165) is 16.4 Å². The molecule has 3 amide bonds. The van der Waals surface area contributed by atoms with Gasteiger partial charge in [0.15, 0.2) is 5.78 Å². The smallest absolute Gasteiger partial charge is 0.275 e. The number of hydrogen-bond acceptors (Lipinski definition) is 4. The fourth-order valence-electron chi connectivity index (χ4n) is 6.55. The number of nitrogens with zero attached hydrogens (tertiary/aromatic N) is 2. The van der Waals surface area contributed by atoms with Crippen LogP contribution >= 0.6 is 11.6 Å². The van der Waals surface area contributed by atoms with Crippen molar-refractivity contribution < 1.29 is 19.2 Å². The van der Waals surface area contributed by atoms with E-state index in [2.05, 4.69) is 12.2 Å². The average molecular weight is 489 g/mol. The fourth-order valence-corrected chi connectivity index (χ4v) is 6.76. The van der Waals surface area contributed by atoms with E-state index in [1.807, 2.05) is 0 Å². The molecule has 0 N–H and O–H groups in total. The first-order valence-corrected chi connectivity index (χ1v) is 12.5. The highest BCUT2D eigenvalue weighted by Crippen LogP contribution is 2.65. The number of carbonyl (C=O) groups is 4. The second-order valence-electron chi connectivity index (χ2n) is 9.93. The molecule has 2 aromatic rings. The van der Waals surface area contributed by atoms with Crippen molar-refractivity contribution in [1.82, 2.24) is 10.0 Å². The third-order valence-electron chi connectivity index (χ3n) is 8.21. The van der Waals surface area contributed by atoms with Gasteiger partial charge >= 0.3 is 0 Å². The minimum atomic E-state index is -1.03. The number of benzene rings is 2. The third-order valence-corrected chi connectivity index (χ3v) is 8.54. The van der Waals surface area contributed by atoms with Crippen LogP contribution in [0.15, 0.2) is 66.7 Å². The Bertz CT molecular complexity index is 1240. The van der Waals surface area contributed by atoms with E-state index >= 15 is 0 Å². The molecule has 1 aliphatic heterocycles. The van der Waals surface area contributed by atoms with Crippen molar-refractivity contribution in [2.45, 2.75) is 25.8 Å². The van der Waals surface area contributed by atoms with Gasteiger partial charge in [-0.3, -0.25) is 19.2 Å². The van der Waals surface area contributed by atoms with E-state index in [-0.39, 0.29) is 46.4 Å². The molecule has 1 saturated heterocycles. The van der Waals surface area contributed by atoms with Crippen molar-refractivity contribution >= 4 is 35.1 Å². The summed E-state index contributed by atoms with van der Waals surface area (Å²) < 4.78 is 0. The minimum Gasteiger partial charge on any atom is -0.292 e. The van der Waals surface area contributed by atoms with Crippen LogP contribution in [0.4, 0.5) is 0 Å². The Hall–Kier alpha value is -3.25. The maximum Gasteiger partial charge on any atom is 0.275 e. The molecule has 0 radical (unpaired) electrons. The highest BCUT2D eigenvalue weighted by Gasteiger charge is 2.68. The number of rotatable bonds is 6. The number of carbonyl (C=O) groups excluding carboxylic acids is 4. The van der Waals surface area contributed by atoms with Gasteiger partial charge in [-0.1, -0.05) is 73.1 Å². The molecule has 0 unspecified atom stereocenters. The molecule has 1 heterocycles. The van der Waals surface area contributed by atoms with Crippen molar-refractivity contribution in [2.75, 3.05) is 0 Å². The van der Waals surface area contributed by atoms with E-state index in [1.54, 1.807) is 61.5 Å². The monoisotopic (exact) mass is 488 g/mol. The number of amides is 3. The summed E-state index contributed by atoms with van der Waals surface area (Å²) in [5, 5.41) is 2.29. The molecule has 5 aliphatic rings. The molecule has 4 aliphatic carbocycles. The zero-order valence-corrected chi connectivity index (χ0v) is 20.0. The van der Waals surface area contributed by atoms with Crippen molar-refractivity contribution in [1.29, 1.82) is 0 Å². The topological polar surface area (TPSA) is 74.8 Å². The summed E-state index contributed by atoms with van der Waals surface area (Å²) in [7, 11) is 0. The van der Waals surface area contributed by atoms with E-state index in [1.165, 1.54) is 0 Å². The summed E-state index contributed by atoms with van der Waals surface area (Å²) >= 11 is 6.36. The summed E-state index contributed by atoms with van der Waals surface area (Å²) in [4.78, 5) is 55.4. The number of hydrazine groups is 1. The van der Waals surface area contributed by atoms with Crippen molar-refractivity contribution in [3.63, 3.8) is 0 Å². The number of imide groups is 1. The van der Waals surface area contributed by atoms with Gasteiger partial charge in [0.1, 0.15) is 6.04 Å². The molecular weight excluding hydrogens is 464 g/mol. The zero-order valence-electron chi connectivity index (χ0n) is 19.2. The van der Waals surface area contributed by atoms with Gasteiger partial charge in [0.2, 0.25) is 0 Å². The van der Waals surface area contributed by atoms with Crippen LogP contribution in [-0.2, 0) is 9.59 Å². The largest absolute Gasteiger partial charge is 0.292 e. The molecule has 2 aromatic carbocycles. The van der Waals surface area contributed by atoms with Crippen LogP contribution in [0.5, 0.6) is 0 Å². The molecule has 35 heavy (non-hydrogen) atoms. The summed E-state index contributed by atoms with van der Waals surface area (Å²) in [5.41, 5.74) is 0.559. The van der Waals surface area contributed by atoms with E-state index in [4.69, 9.17) is 11.6 Å². The Labute approximate surface area is 208 Å². The molecule has 6 nitrogen and oxygen atoms in total. The highest BCUT2D eigenvalue weighted by atomic mass is 35.5. The van der Waals surface area contributed by atoms with Crippen LogP contribution in [-0.4, -0.2) is 39.6 Å². The van der Waals surface area contributed by atoms with Gasteiger partial charge in [-0.25, -0.2) is 5.01 Å². The van der Waals surface area contributed by atoms with Gasteiger partial charge in [0.25, 0.3) is 17.7 Å². The first-order valence-electron chi connectivity index (χ1n) is 12.2. The van der Waals surface area contributed by atoms with Crippen LogP contribution in [0.25, 0.3) is 0 Å². The highest BCUT2D eigenvalue weighted by molar-refractivity contribution is 6.34. The predicted molar refractivity (Wildman–Crippen MR) is 129 cm³/mol. The SMILES string of the molecule is CC[C@H](C(=O)c1ccccc1)N(C(=O)c1ccccc1Cl)N1C(=O)[C@@H]2[C@H]3C=C[C@@H]([C@@H]4C[C@H]34)[C@@H]2C1=O. The van der Waals surface area contributed by atoms with Crippen LogP contribution in [0.2, 0.25) is 5.02 Å². The third kappa shape index (κ3) is 3.23. The lowest BCUT2D eigenvalue weighted by molar-refractivity contribution is -0.157. The molecule has 7 heteroatoms. The molecule has 0 aromatic heterocycles. The Balaban J connectivity index is 1.44. The van der Waals surface area contributed by atoms with Crippen molar-refractivity contribution in [3.05, 3.63) is 82.9 Å². The Morgan fingerprint density at radius 2 is 1.51 bits per heavy atom. The van der Waals surface area contributed by atoms with Crippen LogP contribution in [0.1, 0.15) is 40.5 Å². The first kappa shape index (κ1) is 22.2. The number of hydrogen-bond donors (Lipinski definition) is 0. The van der Waals surface area contributed by atoms with E-state index < -0.39 is 23.8 Å². The number of allylic oxidation sites excluding steroid dienone is 2. The number of ketones is 1. The zero-order chi connectivity index (χ0) is 24.4. The lowest BCUT2D eigenvalue weighted by atomic mass is 9.63. The van der Waals surface area contributed by atoms with Crippen LogP contribution < -0.4 is 0 Å². The summed E-state index contributed by atoms with van der Waals surface area (Å²) in [6.45, 7) is 1.77. The number of Topliss-reactive ketones (excluding diaryl/α,β-unsaturated/α-hetero) is 1. The standard InChI is InChI=1S/C28H25ClN2O4/c1-2-22(25(32)15-8-4-3-5-9-15)30(26(33)18-10-6-7-11-21(18)29)31-27(34)23-16-12-13-17(20-14-19(16)20)24(23)28(31)35/h3-13,16-17,19-20,22-24H,2,14H2,1H3/t16-,17-,19-,20+,22+,23-,24+/m0/s1. The molecule has 2 bridgehead atoms. The average Bonchev–Trinajstić information content (AvgIpc) is 3.66. The van der Waals surface area contributed by atoms with E-state index in [9.17, 15) is 19.2 Å². The molecule has 7 rings (SSSR count). The quantitative estimate of drug-likeness (QED) is 0.343. The Morgan fingerprint density at radius 1 is 0.943 bits per heavy atom. The van der Waals surface area contributed by atoms with Gasteiger partial charge < -0.3 is 0 Å². The summed E-state index contributed by atoms with van der Waals surface area (Å²) in [6, 6.07) is 14.1. The molecule has 0 spiro atoms. The van der Waals surface area contributed by atoms with E-state index in [0.29, 0.717) is 17.4 Å². The van der Waals surface area contributed by atoms with Gasteiger partial charge in [0, 0.05) is 5.56 Å². The van der Waals surface area contributed by atoms with Crippen molar-refractivity contribution in [3.8, 4) is 0 Å². The van der Waals surface area contributed by atoms with Gasteiger partial charge in [-0.2, -0.15) is 5.01 Å². The molecule has 3 fully saturated rings. The normalized spacial score (nSPS) is 30.6. The predicted octanol–water partition coefficient (Wildman–Crippen LogP) is 4.41. The van der Waals surface area contributed by atoms with Gasteiger partial charge in [-0.15, -0.1) is 0 Å². The van der Waals surface area contributed by atoms with Crippen LogP contribution in [0.3, 0.4) is 0 Å². The second kappa shape index (κ2) is 8.16. The second-order valence-corrected chi connectivity index (χ2v) is 10.3. The Morgan fingerprint density at radius 3 is 2.09 bits per heavy atom. The maximum absolute atomic E-state index is 14.0. The van der Waals surface area contributed by atoms with Gasteiger partial charge in [-0.05, 0) is 48.6 Å². The molecular formula is C28H25ClN2O4. The molecule has 2 saturated carbocycles. The first-order chi connectivity index (χ1) is 16.9. The fraction of sp³-hybridized carbons (Fsp3) is 0.357. The molecule has 178 valence electrons. The van der Waals surface area contributed by atoms with Crippen molar-refractivity contribution in [2.24, 2.45) is 35.5 Å². The van der Waals surface area contributed by atoms with Crippen LogP contribution in [0, 0.1) is 35.5 Å². The number of halogens is 1. The lowest BCUT2D eigenvalue weighted by Gasteiger charge is -2.37. The lowest BCUT2D eigenvalue weighted by Crippen LogP contribution is -2.57. The minimum absolute atomic E-state index is 0.0126.